The summed E-state index contributed by atoms with van der Waals surface area (Å²) in [6, 6.07) is 0. The first-order chi connectivity index (χ1) is 5.02. The minimum absolute atomic E-state index is 0.262. The van der Waals surface area contributed by atoms with E-state index in [-0.39, 0.29) is 12.0 Å². The van der Waals surface area contributed by atoms with Crippen molar-refractivity contribution in [3.8, 4) is 0 Å². The minimum atomic E-state index is -0.787. The van der Waals surface area contributed by atoms with Gasteiger partial charge in [0.05, 0.1) is 6.10 Å². The summed E-state index contributed by atoms with van der Waals surface area (Å²) in [4.78, 5) is 10.8. The van der Waals surface area contributed by atoms with Crippen molar-refractivity contribution in [1.29, 1.82) is 0 Å². The van der Waals surface area contributed by atoms with Crippen molar-refractivity contribution in [3.05, 3.63) is 0 Å². The van der Waals surface area contributed by atoms with Crippen LogP contribution in [0.3, 0.4) is 0 Å². The summed E-state index contributed by atoms with van der Waals surface area (Å²) < 4.78 is 5.46. The number of hydrogen-bond acceptors (Lipinski definition) is 2. The van der Waals surface area contributed by atoms with Crippen LogP contribution in [0.2, 0.25) is 0 Å². The fraction of sp³-hybridized carbons (Fsp3) is 0.875. The molecule has 2 N–H and O–H groups in total. The van der Waals surface area contributed by atoms with Crippen LogP contribution in [0.5, 0.6) is 0 Å². The third-order valence-electron chi connectivity index (χ3n) is 2.11. The Morgan fingerprint density at radius 2 is 2.09 bits per heavy atom. The topological polar surface area (TPSA) is 52.3 Å². The summed E-state index contributed by atoms with van der Waals surface area (Å²) in [5.74, 6) is -0.385. The molecule has 11 heavy (non-hydrogen) atoms. The van der Waals surface area contributed by atoms with Crippen molar-refractivity contribution < 1.29 is 9.53 Å². The van der Waals surface area contributed by atoms with E-state index in [1.165, 1.54) is 6.42 Å². The van der Waals surface area contributed by atoms with Crippen LogP contribution in [-0.4, -0.2) is 17.6 Å². The minimum Gasteiger partial charge on any atom is -0.367 e. The zero-order valence-electron chi connectivity index (χ0n) is 7.09. The maximum atomic E-state index is 10.8. The van der Waals surface area contributed by atoms with E-state index in [4.69, 9.17) is 10.5 Å². The lowest BCUT2D eigenvalue weighted by molar-refractivity contribution is -0.152. The molecule has 0 aromatic carbocycles. The standard InChI is InChI=1S/C8H15NO2/c1-8(2,7(9)10)11-6-4-3-5-6/h6H,3-5H2,1-2H3,(H2,9,10). The number of primary amides is 1. The van der Waals surface area contributed by atoms with Crippen LogP contribution in [0.15, 0.2) is 0 Å². The summed E-state index contributed by atoms with van der Waals surface area (Å²) in [7, 11) is 0. The highest BCUT2D eigenvalue weighted by molar-refractivity contribution is 5.82. The van der Waals surface area contributed by atoms with Gasteiger partial charge in [-0.05, 0) is 33.1 Å². The molecular weight excluding hydrogens is 142 g/mol. The van der Waals surface area contributed by atoms with Crippen molar-refractivity contribution in [2.75, 3.05) is 0 Å². The molecule has 0 aromatic rings. The van der Waals surface area contributed by atoms with Gasteiger partial charge in [-0.2, -0.15) is 0 Å². The van der Waals surface area contributed by atoms with E-state index in [1.807, 2.05) is 0 Å². The zero-order chi connectivity index (χ0) is 8.48. The van der Waals surface area contributed by atoms with E-state index in [2.05, 4.69) is 0 Å². The predicted molar refractivity (Wildman–Crippen MR) is 42.0 cm³/mol. The quantitative estimate of drug-likeness (QED) is 0.659. The van der Waals surface area contributed by atoms with E-state index < -0.39 is 5.60 Å². The molecule has 1 aliphatic carbocycles. The smallest absolute Gasteiger partial charge is 0.249 e. The summed E-state index contributed by atoms with van der Waals surface area (Å²) in [6.45, 7) is 3.43. The largest absolute Gasteiger partial charge is 0.367 e. The van der Waals surface area contributed by atoms with Crippen molar-refractivity contribution in [2.45, 2.75) is 44.8 Å². The molecule has 1 amide bonds. The van der Waals surface area contributed by atoms with Gasteiger partial charge in [-0.15, -0.1) is 0 Å². The molecule has 0 bridgehead atoms. The second kappa shape index (κ2) is 2.81. The summed E-state index contributed by atoms with van der Waals surface area (Å²) in [5.41, 5.74) is 4.35. The number of rotatable bonds is 3. The Hall–Kier alpha value is -0.570. The second-order valence-electron chi connectivity index (χ2n) is 3.55. The highest BCUT2D eigenvalue weighted by Crippen LogP contribution is 2.26. The number of carbonyl (C=O) groups excluding carboxylic acids is 1. The first-order valence-corrected chi connectivity index (χ1v) is 4.00. The van der Waals surface area contributed by atoms with Crippen LogP contribution < -0.4 is 5.73 Å². The molecule has 1 saturated carbocycles. The lowest BCUT2D eigenvalue weighted by Gasteiger charge is -2.33. The molecule has 1 rings (SSSR count). The first kappa shape index (κ1) is 8.53. The summed E-state index contributed by atoms with van der Waals surface area (Å²) in [5, 5.41) is 0. The number of nitrogens with two attached hydrogens (primary N) is 1. The maximum absolute atomic E-state index is 10.8. The molecule has 0 unspecified atom stereocenters. The molecule has 0 atom stereocenters. The van der Waals surface area contributed by atoms with Gasteiger partial charge in [0.25, 0.3) is 0 Å². The molecule has 1 fully saturated rings. The fourth-order valence-electron chi connectivity index (χ4n) is 0.963. The molecule has 3 heteroatoms. The fourth-order valence-corrected chi connectivity index (χ4v) is 0.963. The van der Waals surface area contributed by atoms with E-state index in [9.17, 15) is 4.79 Å². The molecule has 0 heterocycles. The molecule has 0 spiro atoms. The number of hydrogen-bond donors (Lipinski definition) is 1. The molecular formula is C8H15NO2. The molecule has 3 nitrogen and oxygen atoms in total. The SMILES string of the molecule is CC(C)(OC1CCC1)C(N)=O. The average molecular weight is 157 g/mol. The van der Waals surface area contributed by atoms with Gasteiger partial charge < -0.3 is 10.5 Å². The van der Waals surface area contributed by atoms with Crippen molar-refractivity contribution >= 4 is 5.91 Å². The average Bonchev–Trinajstić information content (AvgIpc) is 1.79. The summed E-state index contributed by atoms with van der Waals surface area (Å²) >= 11 is 0. The Labute approximate surface area is 66.9 Å². The third-order valence-corrected chi connectivity index (χ3v) is 2.11. The molecule has 0 aromatic heterocycles. The van der Waals surface area contributed by atoms with Gasteiger partial charge in [-0.25, -0.2) is 0 Å². The molecule has 64 valence electrons. The van der Waals surface area contributed by atoms with Gasteiger partial charge in [0.2, 0.25) is 5.91 Å². The molecule has 0 aliphatic heterocycles. The molecule has 1 aliphatic rings. The van der Waals surface area contributed by atoms with Gasteiger partial charge in [-0.1, -0.05) is 0 Å². The van der Waals surface area contributed by atoms with Gasteiger partial charge in [0.1, 0.15) is 5.60 Å². The number of ether oxygens (including phenoxy) is 1. The van der Waals surface area contributed by atoms with Crippen LogP contribution in [0.25, 0.3) is 0 Å². The predicted octanol–water partition coefficient (Wildman–Crippen LogP) is 0.819. The van der Waals surface area contributed by atoms with E-state index in [0.717, 1.165) is 12.8 Å². The van der Waals surface area contributed by atoms with Crippen molar-refractivity contribution in [3.63, 3.8) is 0 Å². The lowest BCUT2D eigenvalue weighted by atomic mass is 9.95. The van der Waals surface area contributed by atoms with E-state index >= 15 is 0 Å². The lowest BCUT2D eigenvalue weighted by Crippen LogP contribution is -2.44. The van der Waals surface area contributed by atoms with Crippen LogP contribution in [0, 0.1) is 0 Å². The van der Waals surface area contributed by atoms with Gasteiger partial charge in [0.15, 0.2) is 0 Å². The highest BCUT2D eigenvalue weighted by Gasteiger charge is 2.31. The Morgan fingerprint density at radius 1 is 1.55 bits per heavy atom. The third kappa shape index (κ3) is 1.93. The Bertz CT molecular complexity index is 161. The van der Waals surface area contributed by atoms with Crippen LogP contribution in [0.4, 0.5) is 0 Å². The Morgan fingerprint density at radius 3 is 2.36 bits per heavy atom. The first-order valence-electron chi connectivity index (χ1n) is 4.00. The number of carbonyl (C=O) groups is 1. The highest BCUT2D eigenvalue weighted by atomic mass is 16.5. The Kier molecular flexibility index (Phi) is 2.18. The van der Waals surface area contributed by atoms with E-state index in [1.54, 1.807) is 13.8 Å². The van der Waals surface area contributed by atoms with Gasteiger partial charge in [-0.3, -0.25) is 4.79 Å². The second-order valence-corrected chi connectivity index (χ2v) is 3.55. The maximum Gasteiger partial charge on any atom is 0.249 e. The monoisotopic (exact) mass is 157 g/mol. The number of amides is 1. The van der Waals surface area contributed by atoms with Crippen molar-refractivity contribution in [1.82, 2.24) is 0 Å². The summed E-state index contributed by atoms with van der Waals surface area (Å²) in [6.07, 6.45) is 3.60. The molecule has 0 saturated heterocycles. The Balaban J connectivity index is 2.38. The van der Waals surface area contributed by atoms with Crippen molar-refractivity contribution in [2.24, 2.45) is 5.73 Å². The normalized spacial score (nSPS) is 19.5. The van der Waals surface area contributed by atoms with Crippen LogP contribution in [0.1, 0.15) is 33.1 Å². The van der Waals surface area contributed by atoms with Gasteiger partial charge in [0, 0.05) is 0 Å². The van der Waals surface area contributed by atoms with Crippen LogP contribution >= 0.6 is 0 Å². The van der Waals surface area contributed by atoms with E-state index in [0.29, 0.717) is 0 Å². The van der Waals surface area contributed by atoms with Gasteiger partial charge >= 0.3 is 0 Å². The molecule has 0 radical (unpaired) electrons. The van der Waals surface area contributed by atoms with Crippen LogP contribution in [-0.2, 0) is 9.53 Å². The zero-order valence-corrected chi connectivity index (χ0v) is 7.09.